The van der Waals surface area contributed by atoms with Crippen LogP contribution in [0.2, 0.25) is 0 Å². The molecule has 6 nitrogen and oxygen atoms in total. The topological polar surface area (TPSA) is 68.0 Å². The summed E-state index contributed by atoms with van der Waals surface area (Å²) in [5.74, 6) is 2.30. The highest BCUT2D eigenvalue weighted by Crippen LogP contribution is 2.39. The molecule has 1 saturated carbocycles. The van der Waals surface area contributed by atoms with E-state index in [1.807, 2.05) is 41.9 Å². The second-order valence-electron chi connectivity index (χ2n) is 4.99. The van der Waals surface area contributed by atoms with Crippen molar-refractivity contribution in [3.63, 3.8) is 0 Å². The Bertz CT molecular complexity index is 795. The summed E-state index contributed by atoms with van der Waals surface area (Å²) in [6.07, 6.45) is 4.33. The van der Waals surface area contributed by atoms with Crippen LogP contribution in [0.1, 0.15) is 24.6 Å². The molecule has 0 radical (unpaired) electrons. The summed E-state index contributed by atoms with van der Waals surface area (Å²) in [6.45, 7) is 0. The van der Waals surface area contributed by atoms with E-state index in [1.54, 1.807) is 0 Å². The fourth-order valence-corrected chi connectivity index (χ4v) is 2.96. The van der Waals surface area contributed by atoms with Crippen LogP contribution in [0, 0.1) is 0 Å². The van der Waals surface area contributed by atoms with Crippen LogP contribution in [0.3, 0.4) is 0 Å². The lowest BCUT2D eigenvalue weighted by atomic mass is 10.4. The summed E-state index contributed by atoms with van der Waals surface area (Å²) < 4.78 is 1.96. The number of fused-ring (bicyclic) bond motifs is 1. The summed E-state index contributed by atoms with van der Waals surface area (Å²) in [5.41, 5.74) is 0.838. The highest BCUT2D eigenvalue weighted by Gasteiger charge is 2.27. The number of nitrogens with zero attached hydrogens (tertiary/aromatic N) is 5. The molecule has 1 fully saturated rings. The number of rotatable bonds is 4. The van der Waals surface area contributed by atoms with Crippen LogP contribution in [-0.4, -0.2) is 31.6 Å². The van der Waals surface area contributed by atoms with Gasteiger partial charge in [-0.25, -0.2) is 9.97 Å². The average molecular weight is 298 g/mol. The van der Waals surface area contributed by atoms with Crippen molar-refractivity contribution in [2.75, 3.05) is 12.4 Å². The van der Waals surface area contributed by atoms with Crippen LogP contribution in [-0.2, 0) is 0 Å². The van der Waals surface area contributed by atoms with E-state index in [-0.39, 0.29) is 0 Å². The summed E-state index contributed by atoms with van der Waals surface area (Å²) in [6, 6.07) is 7.80. The van der Waals surface area contributed by atoms with E-state index in [0.29, 0.717) is 5.92 Å². The molecule has 3 heterocycles. The zero-order valence-electron chi connectivity index (χ0n) is 11.5. The third-order valence-corrected chi connectivity index (χ3v) is 4.28. The minimum atomic E-state index is 0.521. The maximum Gasteiger partial charge on any atom is 0.201 e. The van der Waals surface area contributed by atoms with Crippen molar-refractivity contribution < 1.29 is 0 Å². The Balaban J connectivity index is 1.71. The van der Waals surface area contributed by atoms with Crippen LogP contribution in [0.5, 0.6) is 0 Å². The Kier molecular flexibility index (Phi) is 2.99. The van der Waals surface area contributed by atoms with Gasteiger partial charge in [-0.05, 0) is 36.7 Å². The van der Waals surface area contributed by atoms with Crippen LogP contribution in [0.25, 0.3) is 5.65 Å². The van der Waals surface area contributed by atoms with Gasteiger partial charge < -0.3 is 5.32 Å². The van der Waals surface area contributed by atoms with E-state index in [1.165, 1.54) is 24.6 Å². The first-order chi connectivity index (χ1) is 10.3. The highest BCUT2D eigenvalue weighted by molar-refractivity contribution is 7.99. The van der Waals surface area contributed by atoms with Crippen molar-refractivity contribution in [1.82, 2.24) is 24.6 Å². The minimum Gasteiger partial charge on any atom is -0.373 e. The fraction of sp³-hybridized carbons (Fsp3) is 0.286. The number of hydrogen-bond acceptors (Lipinski definition) is 6. The van der Waals surface area contributed by atoms with Gasteiger partial charge in [0.1, 0.15) is 16.7 Å². The molecule has 4 rings (SSSR count). The maximum absolute atomic E-state index is 4.66. The fourth-order valence-electron chi connectivity index (χ4n) is 2.13. The number of hydrogen-bond donors (Lipinski definition) is 1. The first-order valence-corrected chi connectivity index (χ1v) is 7.69. The Hall–Kier alpha value is -2.15. The molecule has 7 heteroatoms. The van der Waals surface area contributed by atoms with Crippen molar-refractivity contribution in [1.29, 1.82) is 0 Å². The second-order valence-corrected chi connectivity index (χ2v) is 5.97. The molecule has 3 aromatic rings. The third-order valence-electron chi connectivity index (χ3n) is 3.40. The Labute approximate surface area is 126 Å². The van der Waals surface area contributed by atoms with Gasteiger partial charge in [-0.1, -0.05) is 6.07 Å². The lowest BCUT2D eigenvalue weighted by Gasteiger charge is -2.06. The average Bonchev–Trinajstić information content (AvgIpc) is 3.30. The van der Waals surface area contributed by atoms with Gasteiger partial charge in [-0.2, -0.15) is 0 Å². The first kappa shape index (κ1) is 12.6. The van der Waals surface area contributed by atoms with Crippen molar-refractivity contribution in [2.45, 2.75) is 28.9 Å². The molecule has 106 valence electrons. The predicted octanol–water partition coefficient (Wildman–Crippen LogP) is 2.59. The highest BCUT2D eigenvalue weighted by atomic mass is 32.2. The molecule has 0 aliphatic heterocycles. The molecule has 0 unspecified atom stereocenters. The molecule has 1 aliphatic carbocycles. The first-order valence-electron chi connectivity index (χ1n) is 6.88. The van der Waals surface area contributed by atoms with Gasteiger partial charge in [-0.15, -0.1) is 10.2 Å². The Morgan fingerprint density at radius 1 is 1.24 bits per heavy atom. The molecule has 0 saturated heterocycles. The van der Waals surface area contributed by atoms with Crippen molar-refractivity contribution in [3.05, 3.63) is 36.3 Å². The van der Waals surface area contributed by atoms with Crippen molar-refractivity contribution in [2.24, 2.45) is 0 Å². The molecule has 0 aromatic carbocycles. The lowest BCUT2D eigenvalue weighted by Crippen LogP contribution is -2.00. The molecular weight excluding hydrogens is 284 g/mol. The number of nitrogens with one attached hydrogen (secondary N) is 1. The minimum absolute atomic E-state index is 0.521. The van der Waals surface area contributed by atoms with Crippen LogP contribution < -0.4 is 5.32 Å². The molecular formula is C14H14N6S. The molecule has 0 bridgehead atoms. The van der Waals surface area contributed by atoms with Crippen molar-refractivity contribution >= 4 is 23.2 Å². The van der Waals surface area contributed by atoms with Gasteiger partial charge in [0.05, 0.1) is 0 Å². The standard InChI is InChI=1S/C14H14N6S/c1-15-10-8-12(17-13(16-10)9-5-6-9)21-14-19-18-11-4-2-3-7-20(11)14/h2-4,7-9H,5-6H2,1H3,(H,15,16,17). The van der Waals surface area contributed by atoms with E-state index in [2.05, 4.69) is 25.5 Å². The summed E-state index contributed by atoms with van der Waals surface area (Å²) in [5, 5.41) is 13.2. The lowest BCUT2D eigenvalue weighted by molar-refractivity contribution is 0.870. The maximum atomic E-state index is 4.66. The summed E-state index contributed by atoms with van der Waals surface area (Å²) >= 11 is 1.51. The number of pyridine rings is 1. The van der Waals surface area contributed by atoms with Gasteiger partial charge >= 0.3 is 0 Å². The van der Waals surface area contributed by atoms with E-state index < -0.39 is 0 Å². The molecule has 0 amide bonds. The Morgan fingerprint density at radius 3 is 2.95 bits per heavy atom. The quantitative estimate of drug-likeness (QED) is 0.747. The smallest absolute Gasteiger partial charge is 0.201 e. The third kappa shape index (κ3) is 2.44. The van der Waals surface area contributed by atoms with Gasteiger partial charge in [0.2, 0.25) is 5.16 Å². The second kappa shape index (κ2) is 5.00. The Morgan fingerprint density at radius 2 is 2.14 bits per heavy atom. The largest absolute Gasteiger partial charge is 0.373 e. The number of anilines is 1. The van der Waals surface area contributed by atoms with E-state index in [4.69, 9.17) is 0 Å². The van der Waals surface area contributed by atoms with Crippen LogP contribution in [0.4, 0.5) is 5.82 Å². The molecule has 0 spiro atoms. The summed E-state index contributed by atoms with van der Waals surface area (Å²) in [4.78, 5) is 9.18. The van der Waals surface area contributed by atoms with Crippen LogP contribution in [0.15, 0.2) is 40.6 Å². The van der Waals surface area contributed by atoms with E-state index in [9.17, 15) is 0 Å². The summed E-state index contributed by atoms with van der Waals surface area (Å²) in [7, 11) is 1.87. The molecule has 0 atom stereocenters. The zero-order valence-corrected chi connectivity index (χ0v) is 12.3. The van der Waals surface area contributed by atoms with Gasteiger partial charge in [-0.3, -0.25) is 4.40 Å². The van der Waals surface area contributed by atoms with Crippen LogP contribution >= 0.6 is 11.8 Å². The predicted molar refractivity (Wildman–Crippen MR) is 80.7 cm³/mol. The molecule has 21 heavy (non-hydrogen) atoms. The van der Waals surface area contributed by atoms with E-state index >= 15 is 0 Å². The van der Waals surface area contributed by atoms with E-state index in [0.717, 1.165) is 27.5 Å². The SMILES string of the molecule is CNc1cc(Sc2nnc3ccccn23)nc(C2CC2)n1. The normalized spacial score (nSPS) is 14.5. The monoisotopic (exact) mass is 298 g/mol. The molecule has 3 aromatic heterocycles. The number of aromatic nitrogens is 5. The van der Waals surface area contributed by atoms with Gasteiger partial charge in [0.25, 0.3) is 0 Å². The molecule has 1 aliphatic rings. The zero-order chi connectivity index (χ0) is 14.2. The molecule has 1 N–H and O–H groups in total. The van der Waals surface area contributed by atoms with Gasteiger partial charge in [0.15, 0.2) is 5.65 Å². The van der Waals surface area contributed by atoms with Gasteiger partial charge in [0, 0.05) is 25.2 Å². The van der Waals surface area contributed by atoms with Crippen molar-refractivity contribution in [3.8, 4) is 0 Å².